The first-order valence-corrected chi connectivity index (χ1v) is 9.57. The molecule has 1 aromatic carbocycles. The third-order valence-electron chi connectivity index (χ3n) is 4.99. The maximum Gasteiger partial charge on any atom is 0.325 e. The predicted octanol–water partition coefficient (Wildman–Crippen LogP) is 1.00. The van der Waals surface area contributed by atoms with Crippen LogP contribution in [0.2, 0.25) is 0 Å². The van der Waals surface area contributed by atoms with Crippen LogP contribution < -0.4 is 15.5 Å². The molecular formula is C20H25N3O5. The normalized spacial score (nSPS) is 17.2. The largest absolute Gasteiger partial charge is 0.454 e. The summed E-state index contributed by atoms with van der Waals surface area (Å²) in [7, 11) is 0. The minimum Gasteiger partial charge on any atom is -0.454 e. The van der Waals surface area contributed by atoms with Crippen LogP contribution in [0.3, 0.4) is 0 Å². The number of amides is 3. The lowest BCUT2D eigenvalue weighted by molar-refractivity contribution is -0.147. The van der Waals surface area contributed by atoms with E-state index in [1.165, 1.54) is 0 Å². The monoisotopic (exact) mass is 387 g/mol. The molecule has 1 saturated carbocycles. The highest BCUT2D eigenvalue weighted by Crippen LogP contribution is 2.32. The average molecular weight is 387 g/mol. The highest BCUT2D eigenvalue weighted by Gasteiger charge is 2.29. The van der Waals surface area contributed by atoms with E-state index in [1.54, 1.807) is 29.2 Å². The van der Waals surface area contributed by atoms with Gasteiger partial charge in [-0.05, 0) is 56.4 Å². The molecule has 0 aromatic heterocycles. The van der Waals surface area contributed by atoms with Gasteiger partial charge in [-0.25, -0.2) is 0 Å². The molecule has 8 nitrogen and oxygen atoms in total. The van der Waals surface area contributed by atoms with Crippen LogP contribution in [0.15, 0.2) is 24.3 Å². The van der Waals surface area contributed by atoms with Crippen LogP contribution in [0, 0.1) is 5.92 Å². The first-order chi connectivity index (χ1) is 13.4. The van der Waals surface area contributed by atoms with Crippen LogP contribution in [-0.2, 0) is 19.1 Å². The second-order valence-corrected chi connectivity index (χ2v) is 7.23. The Morgan fingerprint density at radius 1 is 1.21 bits per heavy atom. The van der Waals surface area contributed by atoms with Gasteiger partial charge in [-0.1, -0.05) is 0 Å². The van der Waals surface area contributed by atoms with Gasteiger partial charge in [0.25, 0.3) is 11.8 Å². The van der Waals surface area contributed by atoms with E-state index in [0.717, 1.165) is 24.9 Å². The molecule has 2 fully saturated rings. The molecule has 3 rings (SSSR count). The van der Waals surface area contributed by atoms with Gasteiger partial charge in [-0.3, -0.25) is 19.2 Å². The molecule has 8 heteroatoms. The third kappa shape index (κ3) is 5.31. The molecule has 0 bridgehead atoms. The van der Waals surface area contributed by atoms with Gasteiger partial charge in [0.05, 0.1) is 0 Å². The van der Waals surface area contributed by atoms with E-state index in [1.807, 2.05) is 6.92 Å². The summed E-state index contributed by atoms with van der Waals surface area (Å²) in [6.45, 7) is 1.94. The number of esters is 1. The molecule has 28 heavy (non-hydrogen) atoms. The summed E-state index contributed by atoms with van der Waals surface area (Å²) in [5.41, 5.74) is 1.13. The molecule has 1 heterocycles. The smallest absolute Gasteiger partial charge is 0.325 e. The van der Waals surface area contributed by atoms with Crippen molar-refractivity contribution in [3.8, 4) is 0 Å². The second-order valence-electron chi connectivity index (χ2n) is 7.23. The number of anilines is 1. The number of ether oxygens (including phenoxy) is 1. The van der Waals surface area contributed by atoms with E-state index < -0.39 is 11.9 Å². The number of benzene rings is 1. The van der Waals surface area contributed by atoms with E-state index in [-0.39, 0.29) is 31.0 Å². The number of nitrogens with one attached hydrogen (secondary N) is 2. The summed E-state index contributed by atoms with van der Waals surface area (Å²) in [5, 5.41) is 5.25. The maximum absolute atomic E-state index is 12.1. The molecule has 0 unspecified atom stereocenters. The Bertz CT molecular complexity index is 758. The van der Waals surface area contributed by atoms with E-state index in [2.05, 4.69) is 10.6 Å². The average Bonchev–Trinajstić information content (AvgIpc) is 3.46. The van der Waals surface area contributed by atoms with E-state index in [9.17, 15) is 19.2 Å². The van der Waals surface area contributed by atoms with Gasteiger partial charge in [0.15, 0.2) is 6.61 Å². The number of rotatable bonds is 8. The van der Waals surface area contributed by atoms with Crippen LogP contribution in [0.1, 0.15) is 43.0 Å². The fourth-order valence-electron chi connectivity index (χ4n) is 3.18. The van der Waals surface area contributed by atoms with E-state index in [0.29, 0.717) is 24.4 Å². The summed E-state index contributed by atoms with van der Waals surface area (Å²) in [6, 6.07) is 6.72. The third-order valence-corrected chi connectivity index (χ3v) is 4.99. The van der Waals surface area contributed by atoms with Crippen molar-refractivity contribution in [3.63, 3.8) is 0 Å². The molecule has 1 saturated heterocycles. The molecule has 2 N–H and O–H groups in total. The summed E-state index contributed by atoms with van der Waals surface area (Å²) < 4.78 is 4.88. The molecule has 1 atom stereocenters. The lowest BCUT2D eigenvalue weighted by Gasteiger charge is -2.15. The van der Waals surface area contributed by atoms with Crippen LogP contribution in [0.5, 0.6) is 0 Å². The van der Waals surface area contributed by atoms with Crippen LogP contribution >= 0.6 is 0 Å². The molecular weight excluding hydrogens is 362 g/mol. The van der Waals surface area contributed by atoms with Gasteiger partial charge >= 0.3 is 5.97 Å². The second kappa shape index (κ2) is 8.86. The van der Waals surface area contributed by atoms with Crippen molar-refractivity contribution in [1.29, 1.82) is 0 Å². The lowest BCUT2D eigenvalue weighted by Crippen LogP contribution is -2.38. The molecule has 1 aromatic rings. The van der Waals surface area contributed by atoms with Crippen molar-refractivity contribution in [2.75, 3.05) is 24.6 Å². The number of nitrogens with zero attached hydrogens (tertiary/aromatic N) is 1. The summed E-state index contributed by atoms with van der Waals surface area (Å²) in [5.74, 6) is -0.847. The van der Waals surface area contributed by atoms with Gasteiger partial charge in [0, 0.05) is 30.3 Å². The Kier molecular flexibility index (Phi) is 6.28. The fourth-order valence-corrected chi connectivity index (χ4v) is 3.18. The van der Waals surface area contributed by atoms with Gasteiger partial charge in [0.1, 0.15) is 6.54 Å². The first-order valence-electron chi connectivity index (χ1n) is 9.57. The fraction of sp³-hybridized carbons (Fsp3) is 0.500. The van der Waals surface area contributed by atoms with Crippen molar-refractivity contribution in [1.82, 2.24) is 10.6 Å². The van der Waals surface area contributed by atoms with Gasteiger partial charge < -0.3 is 20.3 Å². The summed E-state index contributed by atoms with van der Waals surface area (Å²) in [4.78, 5) is 49.0. The first kappa shape index (κ1) is 19.9. The number of hydrogen-bond donors (Lipinski definition) is 2. The molecule has 3 amide bonds. The molecule has 0 spiro atoms. The Hall–Kier alpha value is -2.90. The molecule has 150 valence electrons. The van der Waals surface area contributed by atoms with Crippen molar-refractivity contribution in [2.45, 2.75) is 38.6 Å². The van der Waals surface area contributed by atoms with Crippen LogP contribution in [0.4, 0.5) is 5.69 Å². The van der Waals surface area contributed by atoms with Crippen LogP contribution in [0.25, 0.3) is 0 Å². The zero-order chi connectivity index (χ0) is 20.1. The predicted molar refractivity (Wildman–Crippen MR) is 102 cm³/mol. The zero-order valence-corrected chi connectivity index (χ0v) is 15.9. The standard InChI is InChI=1S/C20H25N3O5/c1-13(14-4-5-14)22-17(24)12-28-19(26)11-21-20(27)15-6-8-16(9-7-15)23-10-2-3-18(23)25/h6-9,13-14H,2-5,10-12H2,1H3,(H,21,27)(H,22,24)/t13-/m1/s1. The molecule has 1 aliphatic heterocycles. The number of carbonyl (C=O) groups excluding carboxylic acids is 4. The Labute approximate surface area is 163 Å². The summed E-state index contributed by atoms with van der Waals surface area (Å²) in [6.07, 6.45) is 3.60. The van der Waals surface area contributed by atoms with Crippen molar-refractivity contribution in [2.24, 2.45) is 5.92 Å². The quantitative estimate of drug-likeness (QED) is 0.648. The zero-order valence-electron chi connectivity index (χ0n) is 15.9. The highest BCUT2D eigenvalue weighted by atomic mass is 16.5. The molecule has 1 aliphatic carbocycles. The van der Waals surface area contributed by atoms with Gasteiger partial charge in [0.2, 0.25) is 5.91 Å². The maximum atomic E-state index is 12.1. The SMILES string of the molecule is C[C@@H](NC(=O)COC(=O)CNC(=O)c1ccc(N2CCCC2=O)cc1)C1CC1. The molecule has 0 radical (unpaired) electrons. The Morgan fingerprint density at radius 2 is 1.93 bits per heavy atom. The number of hydrogen-bond acceptors (Lipinski definition) is 5. The van der Waals surface area contributed by atoms with Gasteiger partial charge in [-0.15, -0.1) is 0 Å². The van der Waals surface area contributed by atoms with Crippen LogP contribution in [-0.4, -0.2) is 49.4 Å². The molecule has 2 aliphatic rings. The highest BCUT2D eigenvalue weighted by molar-refractivity contribution is 5.98. The topological polar surface area (TPSA) is 105 Å². The van der Waals surface area contributed by atoms with Crippen molar-refractivity contribution in [3.05, 3.63) is 29.8 Å². The Morgan fingerprint density at radius 3 is 2.54 bits per heavy atom. The lowest BCUT2D eigenvalue weighted by atomic mass is 10.2. The Balaban J connectivity index is 1.38. The minimum absolute atomic E-state index is 0.0792. The van der Waals surface area contributed by atoms with Crippen molar-refractivity contribution < 1.29 is 23.9 Å². The summed E-state index contributed by atoms with van der Waals surface area (Å²) >= 11 is 0. The van der Waals surface area contributed by atoms with E-state index >= 15 is 0 Å². The van der Waals surface area contributed by atoms with Gasteiger partial charge in [-0.2, -0.15) is 0 Å². The van der Waals surface area contributed by atoms with Crippen molar-refractivity contribution >= 4 is 29.4 Å². The van der Waals surface area contributed by atoms with E-state index in [4.69, 9.17) is 4.74 Å². The minimum atomic E-state index is -0.679. The number of carbonyl (C=O) groups is 4.